The van der Waals surface area contributed by atoms with E-state index in [0.717, 1.165) is 6.42 Å². The van der Waals surface area contributed by atoms with E-state index in [0.29, 0.717) is 18.3 Å². The number of ketones is 1. The maximum absolute atomic E-state index is 12.2. The Bertz CT molecular complexity index is 438. The first-order valence-electron chi connectivity index (χ1n) is 8.05. The lowest BCUT2D eigenvalue weighted by Gasteiger charge is -2.58. The molecule has 4 atom stereocenters. The van der Waals surface area contributed by atoms with Crippen LogP contribution in [0.2, 0.25) is 0 Å². The smallest absolute Gasteiger partial charge is 0.157 e. The number of hydrogen-bond donors (Lipinski definition) is 0. The molecule has 0 bridgehead atoms. The third-order valence-electron chi connectivity index (χ3n) is 6.60. The lowest BCUT2D eigenvalue weighted by Crippen LogP contribution is -2.52. The molecule has 21 heavy (non-hydrogen) atoms. The summed E-state index contributed by atoms with van der Waals surface area (Å²) < 4.78 is 10.9. The Morgan fingerprint density at radius 2 is 1.95 bits per heavy atom. The fourth-order valence-electron chi connectivity index (χ4n) is 4.65. The van der Waals surface area contributed by atoms with Crippen LogP contribution in [0.4, 0.5) is 0 Å². The van der Waals surface area contributed by atoms with Gasteiger partial charge in [-0.1, -0.05) is 26.3 Å². The Kier molecular flexibility index (Phi) is 4.65. The highest BCUT2D eigenvalue weighted by atomic mass is 16.7. The molecule has 2 aliphatic carbocycles. The van der Waals surface area contributed by atoms with Gasteiger partial charge in [0.15, 0.2) is 12.1 Å². The van der Waals surface area contributed by atoms with Gasteiger partial charge in [-0.3, -0.25) is 4.79 Å². The van der Waals surface area contributed by atoms with Gasteiger partial charge in [0, 0.05) is 27.1 Å². The minimum Gasteiger partial charge on any atom is -0.356 e. The van der Waals surface area contributed by atoms with Crippen LogP contribution in [0.25, 0.3) is 0 Å². The van der Waals surface area contributed by atoms with Crippen molar-refractivity contribution in [1.29, 1.82) is 0 Å². The van der Waals surface area contributed by atoms with Crippen LogP contribution >= 0.6 is 0 Å². The zero-order valence-electron chi connectivity index (χ0n) is 14.4. The zero-order valence-corrected chi connectivity index (χ0v) is 14.4. The van der Waals surface area contributed by atoms with Crippen LogP contribution in [0.3, 0.4) is 0 Å². The van der Waals surface area contributed by atoms with Crippen LogP contribution < -0.4 is 0 Å². The van der Waals surface area contributed by atoms with Crippen molar-refractivity contribution in [2.75, 3.05) is 14.2 Å². The Hall–Kier alpha value is -0.670. The van der Waals surface area contributed by atoms with E-state index in [9.17, 15) is 4.79 Å². The third-order valence-corrected chi connectivity index (χ3v) is 6.60. The number of ether oxygens (including phenoxy) is 2. The molecule has 2 aliphatic rings. The van der Waals surface area contributed by atoms with Crippen molar-refractivity contribution in [3.63, 3.8) is 0 Å². The minimum atomic E-state index is -0.193. The fraction of sp³-hybridized carbons (Fsp3) is 0.833. The normalized spacial score (nSPS) is 40.1. The number of carbonyl (C=O) groups excluding carboxylic acids is 1. The average molecular weight is 294 g/mol. The first kappa shape index (κ1) is 16.7. The van der Waals surface area contributed by atoms with E-state index in [1.54, 1.807) is 14.2 Å². The topological polar surface area (TPSA) is 35.5 Å². The number of fused-ring (bicyclic) bond motifs is 1. The van der Waals surface area contributed by atoms with Crippen LogP contribution in [-0.4, -0.2) is 26.3 Å². The highest BCUT2D eigenvalue weighted by Crippen LogP contribution is 2.61. The van der Waals surface area contributed by atoms with Gasteiger partial charge < -0.3 is 9.47 Å². The molecule has 1 unspecified atom stereocenters. The summed E-state index contributed by atoms with van der Waals surface area (Å²) in [6, 6.07) is 0. The van der Waals surface area contributed by atoms with Gasteiger partial charge in [-0.15, -0.1) is 0 Å². The second-order valence-electron chi connectivity index (χ2n) is 7.52. The second-order valence-corrected chi connectivity index (χ2v) is 7.52. The molecule has 3 heteroatoms. The molecule has 1 fully saturated rings. The van der Waals surface area contributed by atoms with Gasteiger partial charge in [0.2, 0.25) is 0 Å². The SMILES string of the molecule is COC(C[C@]1(C)C2CC(=O)C=C(C)[C@]2(C)CC[C@H]1C)OC. The first-order valence-corrected chi connectivity index (χ1v) is 8.05. The van der Waals surface area contributed by atoms with Crippen LogP contribution in [0.5, 0.6) is 0 Å². The fourth-order valence-corrected chi connectivity index (χ4v) is 4.65. The molecule has 0 heterocycles. The summed E-state index contributed by atoms with van der Waals surface area (Å²) in [7, 11) is 3.39. The molecule has 0 saturated heterocycles. The lowest BCUT2D eigenvalue weighted by atomic mass is 9.47. The van der Waals surface area contributed by atoms with E-state index in [4.69, 9.17) is 9.47 Å². The summed E-state index contributed by atoms with van der Waals surface area (Å²) in [6.45, 7) is 9.12. The standard InChI is InChI=1S/C18H30O3/c1-12-7-8-17(3)13(2)9-14(19)10-15(17)18(12,4)11-16(20-5)21-6/h9,12,15-16H,7-8,10-11H2,1-6H3/t12-,15?,17+,18+/m1/s1. The van der Waals surface area contributed by atoms with E-state index >= 15 is 0 Å². The Morgan fingerprint density at radius 3 is 2.52 bits per heavy atom. The van der Waals surface area contributed by atoms with Gasteiger partial charge in [0.25, 0.3) is 0 Å². The molecule has 0 amide bonds. The molecule has 0 aliphatic heterocycles. The van der Waals surface area contributed by atoms with Crippen molar-refractivity contribution in [2.24, 2.45) is 22.7 Å². The largest absolute Gasteiger partial charge is 0.356 e. The number of hydrogen-bond acceptors (Lipinski definition) is 3. The number of allylic oxidation sites excluding steroid dienone is 2. The Balaban J connectivity index is 2.39. The van der Waals surface area contributed by atoms with E-state index < -0.39 is 0 Å². The van der Waals surface area contributed by atoms with Gasteiger partial charge in [-0.25, -0.2) is 0 Å². The average Bonchev–Trinajstić information content (AvgIpc) is 2.44. The van der Waals surface area contributed by atoms with Crippen molar-refractivity contribution in [3.8, 4) is 0 Å². The second kappa shape index (κ2) is 5.85. The predicted octanol–water partition coefficient (Wildman–Crippen LogP) is 3.97. The maximum atomic E-state index is 12.2. The van der Waals surface area contributed by atoms with Gasteiger partial charge >= 0.3 is 0 Å². The summed E-state index contributed by atoms with van der Waals surface area (Å²) in [6.07, 6.45) is 5.56. The molecular formula is C18H30O3. The van der Waals surface area contributed by atoms with Gasteiger partial charge in [-0.05, 0) is 48.5 Å². The van der Waals surface area contributed by atoms with Crippen molar-refractivity contribution in [2.45, 2.75) is 59.7 Å². The van der Waals surface area contributed by atoms with Crippen LogP contribution in [0.15, 0.2) is 11.6 Å². The van der Waals surface area contributed by atoms with Gasteiger partial charge in [0.05, 0.1) is 0 Å². The zero-order chi connectivity index (χ0) is 15.8. The molecule has 0 N–H and O–H groups in total. The van der Waals surface area contributed by atoms with Crippen LogP contribution in [0, 0.1) is 22.7 Å². The summed E-state index contributed by atoms with van der Waals surface area (Å²) in [5.74, 6) is 1.22. The Labute approximate surface area is 129 Å². The van der Waals surface area contributed by atoms with Crippen molar-refractivity contribution < 1.29 is 14.3 Å². The Morgan fingerprint density at radius 1 is 1.33 bits per heavy atom. The highest BCUT2D eigenvalue weighted by molar-refractivity contribution is 5.92. The maximum Gasteiger partial charge on any atom is 0.157 e. The molecule has 0 spiro atoms. The summed E-state index contributed by atoms with van der Waals surface area (Å²) in [4.78, 5) is 12.2. The molecule has 1 saturated carbocycles. The van der Waals surface area contributed by atoms with E-state index in [2.05, 4.69) is 27.7 Å². The van der Waals surface area contributed by atoms with Gasteiger partial charge in [-0.2, -0.15) is 0 Å². The van der Waals surface area contributed by atoms with E-state index in [-0.39, 0.29) is 22.9 Å². The van der Waals surface area contributed by atoms with Crippen molar-refractivity contribution in [3.05, 3.63) is 11.6 Å². The number of methoxy groups -OCH3 is 2. The molecular weight excluding hydrogens is 264 g/mol. The highest BCUT2D eigenvalue weighted by Gasteiger charge is 2.55. The van der Waals surface area contributed by atoms with Crippen molar-refractivity contribution >= 4 is 5.78 Å². The van der Waals surface area contributed by atoms with Crippen molar-refractivity contribution in [1.82, 2.24) is 0 Å². The molecule has 0 aromatic heterocycles. The van der Waals surface area contributed by atoms with E-state index in [1.807, 2.05) is 6.08 Å². The lowest BCUT2D eigenvalue weighted by molar-refractivity contribution is -0.160. The molecule has 2 rings (SSSR count). The monoisotopic (exact) mass is 294 g/mol. The molecule has 0 aromatic carbocycles. The van der Waals surface area contributed by atoms with Crippen LogP contribution in [-0.2, 0) is 14.3 Å². The number of rotatable bonds is 4. The minimum absolute atomic E-state index is 0.0644. The number of carbonyl (C=O) groups is 1. The summed E-state index contributed by atoms with van der Waals surface area (Å²) >= 11 is 0. The molecule has 3 nitrogen and oxygen atoms in total. The molecule has 120 valence electrons. The van der Waals surface area contributed by atoms with E-state index in [1.165, 1.54) is 18.4 Å². The van der Waals surface area contributed by atoms with Crippen LogP contribution in [0.1, 0.15) is 53.4 Å². The summed E-state index contributed by atoms with van der Waals surface area (Å²) in [5, 5.41) is 0. The van der Waals surface area contributed by atoms with Gasteiger partial charge in [0.1, 0.15) is 0 Å². The quantitative estimate of drug-likeness (QED) is 0.736. The third kappa shape index (κ3) is 2.70. The predicted molar refractivity (Wildman–Crippen MR) is 83.9 cm³/mol. The summed E-state index contributed by atoms with van der Waals surface area (Å²) in [5.41, 5.74) is 1.46. The first-order chi connectivity index (χ1) is 9.77. The molecule has 0 radical (unpaired) electrons. The molecule has 0 aromatic rings.